The average Bonchev–Trinajstić information content (AvgIpc) is 2.16. The molecule has 3 heteroatoms. The van der Waals surface area contributed by atoms with E-state index in [1.165, 1.54) is 6.08 Å². The molecule has 1 atom stereocenters. The molecular weight excluding hydrogens is 166 g/mol. The Bertz CT molecular complexity index is 185. The van der Waals surface area contributed by atoms with E-state index in [1.54, 1.807) is 0 Å². The smallest absolute Gasteiger partial charge is 0.189 e. The Kier molecular flexibility index (Phi) is 4.88. The summed E-state index contributed by atoms with van der Waals surface area (Å²) < 4.78 is 0.709. The predicted octanol–water partition coefficient (Wildman–Crippen LogP) is 0.589. The monoisotopic (exact) mass is 186 g/mol. The average molecular weight is 186 g/mol. The number of quaternary nitrogens is 1. The molecule has 0 heterocycles. The predicted molar refractivity (Wildman–Crippen MR) is 53.3 cm³/mol. The molecule has 0 radical (unpaired) electrons. The van der Waals surface area contributed by atoms with Crippen LogP contribution in [0.3, 0.4) is 0 Å². The molecule has 0 amide bonds. The molecule has 1 unspecified atom stereocenters. The standard InChI is InChI=1S/C10H20NO2/c1-5-9(12)10(13)8-11(4,6-2)7-3/h5,10,13H,1,6-8H2,2-4H3/q+1. The minimum Gasteiger partial charge on any atom is -0.379 e. The van der Waals surface area contributed by atoms with E-state index < -0.39 is 6.10 Å². The number of hydrogen-bond acceptors (Lipinski definition) is 2. The topological polar surface area (TPSA) is 37.3 Å². The Balaban J connectivity index is 4.24. The molecule has 0 aromatic heterocycles. The third-order valence-corrected chi connectivity index (χ3v) is 2.67. The van der Waals surface area contributed by atoms with Crippen LogP contribution in [0.25, 0.3) is 0 Å². The summed E-state index contributed by atoms with van der Waals surface area (Å²) in [6.45, 7) is 9.75. The van der Waals surface area contributed by atoms with E-state index in [4.69, 9.17) is 0 Å². The normalized spacial score (nSPS) is 13.8. The fraction of sp³-hybridized carbons (Fsp3) is 0.700. The highest BCUT2D eigenvalue weighted by molar-refractivity contribution is 5.92. The van der Waals surface area contributed by atoms with Gasteiger partial charge in [-0.05, 0) is 19.9 Å². The summed E-state index contributed by atoms with van der Waals surface area (Å²) in [5.74, 6) is -0.286. The maximum Gasteiger partial charge on any atom is 0.189 e. The lowest BCUT2D eigenvalue weighted by Crippen LogP contribution is -2.50. The molecule has 0 aliphatic carbocycles. The maximum atomic E-state index is 11.0. The highest BCUT2D eigenvalue weighted by atomic mass is 16.3. The minimum absolute atomic E-state index is 0.286. The van der Waals surface area contributed by atoms with E-state index in [0.717, 1.165) is 13.1 Å². The van der Waals surface area contributed by atoms with Crippen molar-refractivity contribution in [2.45, 2.75) is 20.0 Å². The van der Waals surface area contributed by atoms with Gasteiger partial charge in [0, 0.05) is 0 Å². The fourth-order valence-electron chi connectivity index (χ4n) is 1.13. The molecule has 0 saturated heterocycles. The first-order chi connectivity index (χ1) is 5.99. The van der Waals surface area contributed by atoms with E-state index in [0.29, 0.717) is 11.0 Å². The van der Waals surface area contributed by atoms with Gasteiger partial charge < -0.3 is 9.59 Å². The van der Waals surface area contributed by atoms with Crippen molar-refractivity contribution >= 4 is 5.78 Å². The van der Waals surface area contributed by atoms with Gasteiger partial charge >= 0.3 is 0 Å². The van der Waals surface area contributed by atoms with Crippen LogP contribution in [0.2, 0.25) is 0 Å². The van der Waals surface area contributed by atoms with Gasteiger partial charge in [-0.15, -0.1) is 0 Å². The van der Waals surface area contributed by atoms with Crippen molar-refractivity contribution in [3.63, 3.8) is 0 Å². The van der Waals surface area contributed by atoms with Crippen molar-refractivity contribution in [2.75, 3.05) is 26.7 Å². The van der Waals surface area contributed by atoms with Crippen LogP contribution >= 0.6 is 0 Å². The number of nitrogens with zero attached hydrogens (tertiary/aromatic N) is 1. The van der Waals surface area contributed by atoms with E-state index in [2.05, 4.69) is 20.4 Å². The molecule has 76 valence electrons. The summed E-state index contributed by atoms with van der Waals surface area (Å²) in [6, 6.07) is 0. The molecule has 1 N–H and O–H groups in total. The Morgan fingerprint density at radius 2 is 2.00 bits per heavy atom. The van der Waals surface area contributed by atoms with Crippen molar-refractivity contribution in [1.29, 1.82) is 0 Å². The molecule has 0 fully saturated rings. The zero-order chi connectivity index (χ0) is 10.5. The van der Waals surface area contributed by atoms with Crippen molar-refractivity contribution < 1.29 is 14.4 Å². The number of aliphatic hydroxyl groups excluding tert-OH is 1. The first kappa shape index (κ1) is 12.3. The number of ketones is 1. The van der Waals surface area contributed by atoms with Gasteiger partial charge in [0.25, 0.3) is 0 Å². The highest BCUT2D eigenvalue weighted by Gasteiger charge is 2.24. The second-order valence-corrected chi connectivity index (χ2v) is 3.56. The lowest BCUT2D eigenvalue weighted by atomic mass is 10.2. The van der Waals surface area contributed by atoms with Crippen molar-refractivity contribution in [2.24, 2.45) is 0 Å². The molecule has 0 spiro atoms. The second-order valence-electron chi connectivity index (χ2n) is 3.56. The lowest BCUT2D eigenvalue weighted by molar-refractivity contribution is -0.908. The van der Waals surface area contributed by atoms with Crippen LogP contribution in [-0.2, 0) is 4.79 Å². The Morgan fingerprint density at radius 3 is 2.31 bits per heavy atom. The van der Waals surface area contributed by atoms with Gasteiger partial charge in [0.1, 0.15) is 6.54 Å². The molecular formula is C10H20NO2+. The minimum atomic E-state index is -0.901. The van der Waals surface area contributed by atoms with Gasteiger partial charge in [0.05, 0.1) is 20.1 Å². The van der Waals surface area contributed by atoms with Crippen LogP contribution in [0, 0.1) is 0 Å². The van der Waals surface area contributed by atoms with Crippen LogP contribution < -0.4 is 0 Å². The van der Waals surface area contributed by atoms with E-state index in [1.807, 2.05) is 7.05 Å². The number of aliphatic hydroxyl groups is 1. The van der Waals surface area contributed by atoms with Gasteiger partial charge in [-0.2, -0.15) is 0 Å². The Hall–Kier alpha value is -0.670. The van der Waals surface area contributed by atoms with Gasteiger partial charge in [-0.1, -0.05) is 6.58 Å². The van der Waals surface area contributed by atoms with Gasteiger partial charge in [-0.25, -0.2) is 0 Å². The van der Waals surface area contributed by atoms with Crippen molar-refractivity contribution in [3.8, 4) is 0 Å². The third kappa shape index (κ3) is 3.70. The largest absolute Gasteiger partial charge is 0.379 e. The SMILES string of the molecule is C=CC(=O)C(O)C[N+](C)(CC)CC. The summed E-state index contributed by atoms with van der Waals surface area (Å²) in [5.41, 5.74) is 0. The summed E-state index contributed by atoms with van der Waals surface area (Å²) >= 11 is 0. The number of likely N-dealkylation sites (N-methyl/N-ethyl adjacent to an activating group) is 1. The quantitative estimate of drug-likeness (QED) is 0.487. The van der Waals surface area contributed by atoms with Crippen LogP contribution in [0.5, 0.6) is 0 Å². The summed E-state index contributed by atoms with van der Waals surface area (Å²) in [4.78, 5) is 11.0. The van der Waals surface area contributed by atoms with Crippen LogP contribution in [0.15, 0.2) is 12.7 Å². The van der Waals surface area contributed by atoms with Crippen molar-refractivity contribution in [1.82, 2.24) is 0 Å². The zero-order valence-electron chi connectivity index (χ0n) is 8.79. The molecule has 0 aliphatic heterocycles. The number of rotatable bonds is 6. The maximum absolute atomic E-state index is 11.0. The van der Waals surface area contributed by atoms with Gasteiger partial charge in [0.15, 0.2) is 11.9 Å². The highest BCUT2D eigenvalue weighted by Crippen LogP contribution is 2.04. The molecule has 0 aromatic carbocycles. The summed E-state index contributed by atoms with van der Waals surface area (Å²) in [7, 11) is 2.03. The van der Waals surface area contributed by atoms with Crippen LogP contribution in [0.4, 0.5) is 0 Å². The summed E-state index contributed by atoms with van der Waals surface area (Å²) in [5, 5.41) is 9.48. The Morgan fingerprint density at radius 1 is 1.54 bits per heavy atom. The van der Waals surface area contributed by atoms with Crippen molar-refractivity contribution in [3.05, 3.63) is 12.7 Å². The van der Waals surface area contributed by atoms with Gasteiger partial charge in [-0.3, -0.25) is 4.79 Å². The van der Waals surface area contributed by atoms with Gasteiger partial charge in [0.2, 0.25) is 0 Å². The van der Waals surface area contributed by atoms with Crippen LogP contribution in [0.1, 0.15) is 13.8 Å². The third-order valence-electron chi connectivity index (χ3n) is 2.67. The fourth-order valence-corrected chi connectivity index (χ4v) is 1.13. The first-order valence-corrected chi connectivity index (χ1v) is 4.67. The molecule has 0 rings (SSSR count). The lowest BCUT2D eigenvalue weighted by Gasteiger charge is -2.33. The molecule has 0 aliphatic rings. The summed E-state index contributed by atoms with van der Waals surface area (Å²) in [6.07, 6.45) is 0.280. The molecule has 0 aromatic rings. The van der Waals surface area contributed by atoms with E-state index >= 15 is 0 Å². The number of hydrogen-bond donors (Lipinski definition) is 1. The zero-order valence-corrected chi connectivity index (χ0v) is 8.79. The first-order valence-electron chi connectivity index (χ1n) is 4.67. The van der Waals surface area contributed by atoms with Crippen LogP contribution in [-0.4, -0.2) is 48.2 Å². The number of carbonyl (C=O) groups excluding carboxylic acids is 1. The molecule has 13 heavy (non-hydrogen) atoms. The Labute approximate surface area is 80.3 Å². The van der Waals surface area contributed by atoms with E-state index in [-0.39, 0.29) is 5.78 Å². The molecule has 0 bridgehead atoms. The molecule has 0 saturated carbocycles. The molecule has 3 nitrogen and oxygen atoms in total. The second kappa shape index (κ2) is 5.14. The van der Waals surface area contributed by atoms with E-state index in [9.17, 15) is 9.90 Å². The number of carbonyl (C=O) groups is 1.